The van der Waals surface area contributed by atoms with Gasteiger partial charge in [-0.2, -0.15) is 0 Å². The lowest BCUT2D eigenvalue weighted by Gasteiger charge is -2.18. The Hall–Kier alpha value is -2.04. The van der Waals surface area contributed by atoms with Crippen molar-refractivity contribution >= 4 is 12.1 Å². The largest absolute Gasteiger partial charge is 0.511 e. The fourth-order valence-corrected chi connectivity index (χ4v) is 2.20. The maximum Gasteiger partial charge on any atom is 0.511 e. The zero-order valence-electron chi connectivity index (χ0n) is 15.4. The van der Waals surface area contributed by atoms with E-state index in [9.17, 15) is 9.59 Å². The van der Waals surface area contributed by atoms with Crippen molar-refractivity contribution in [3.05, 3.63) is 35.4 Å². The zero-order valence-corrected chi connectivity index (χ0v) is 15.4. The Bertz CT molecular complexity index is 533. The predicted molar refractivity (Wildman–Crippen MR) is 91.7 cm³/mol. The van der Waals surface area contributed by atoms with Gasteiger partial charge in [-0.25, -0.2) is 4.79 Å². The monoisotopic (exact) mass is 336 g/mol. The summed E-state index contributed by atoms with van der Waals surface area (Å²) in [5.74, 6) is -0.302. The topological polar surface area (TPSA) is 61.8 Å². The maximum atomic E-state index is 12.2. The van der Waals surface area contributed by atoms with E-state index in [1.54, 1.807) is 20.8 Å². The molecule has 0 aliphatic carbocycles. The van der Waals surface area contributed by atoms with Gasteiger partial charge in [0.1, 0.15) is 0 Å². The van der Waals surface area contributed by atoms with Crippen LogP contribution < -0.4 is 0 Å². The van der Waals surface area contributed by atoms with Gasteiger partial charge < -0.3 is 14.2 Å². The van der Waals surface area contributed by atoms with Gasteiger partial charge in [-0.15, -0.1) is 0 Å². The summed E-state index contributed by atoms with van der Waals surface area (Å²) in [6.07, 6.45) is -1.13. The average Bonchev–Trinajstić information content (AvgIpc) is 2.45. The van der Waals surface area contributed by atoms with E-state index in [4.69, 9.17) is 14.2 Å². The minimum atomic E-state index is -0.994. The molecule has 1 aromatic carbocycles. The van der Waals surface area contributed by atoms with E-state index in [0.29, 0.717) is 5.92 Å². The van der Waals surface area contributed by atoms with Crippen LogP contribution in [0.15, 0.2) is 24.3 Å². The SMILES string of the molecule is CC(C)Cc1ccc(C(C)C(=O)OC(C)OC(=O)OC(C)C)cc1. The van der Waals surface area contributed by atoms with Crippen LogP contribution in [0.3, 0.4) is 0 Å². The van der Waals surface area contributed by atoms with Crippen LogP contribution in [-0.2, 0) is 25.4 Å². The second-order valence-corrected chi connectivity index (χ2v) is 6.60. The van der Waals surface area contributed by atoms with Gasteiger partial charge in [-0.05, 0) is 44.2 Å². The third-order valence-corrected chi connectivity index (χ3v) is 3.35. The molecule has 5 nitrogen and oxygen atoms in total. The molecule has 1 aromatic rings. The highest BCUT2D eigenvalue weighted by molar-refractivity contribution is 5.77. The van der Waals surface area contributed by atoms with E-state index in [1.165, 1.54) is 12.5 Å². The number of hydrogen-bond donors (Lipinski definition) is 0. The number of carbonyl (C=O) groups is 2. The second kappa shape index (κ2) is 9.30. The van der Waals surface area contributed by atoms with Gasteiger partial charge in [0, 0.05) is 6.92 Å². The van der Waals surface area contributed by atoms with E-state index >= 15 is 0 Å². The second-order valence-electron chi connectivity index (χ2n) is 6.60. The van der Waals surface area contributed by atoms with E-state index in [1.807, 2.05) is 24.3 Å². The van der Waals surface area contributed by atoms with Crippen LogP contribution in [-0.4, -0.2) is 24.5 Å². The molecule has 24 heavy (non-hydrogen) atoms. The van der Waals surface area contributed by atoms with Crippen LogP contribution in [0.5, 0.6) is 0 Å². The molecule has 0 radical (unpaired) electrons. The van der Waals surface area contributed by atoms with Crippen LogP contribution in [0.4, 0.5) is 4.79 Å². The average molecular weight is 336 g/mol. The molecule has 2 atom stereocenters. The number of ether oxygens (including phenoxy) is 3. The number of esters is 1. The molecular weight excluding hydrogens is 308 g/mol. The minimum Gasteiger partial charge on any atom is -0.431 e. The normalized spacial score (nSPS) is 13.5. The Balaban J connectivity index is 2.56. The van der Waals surface area contributed by atoms with Gasteiger partial charge >= 0.3 is 12.1 Å². The van der Waals surface area contributed by atoms with E-state index in [0.717, 1.165) is 12.0 Å². The van der Waals surface area contributed by atoms with Crippen molar-refractivity contribution in [1.82, 2.24) is 0 Å². The summed E-state index contributed by atoms with van der Waals surface area (Å²) in [6, 6.07) is 7.92. The van der Waals surface area contributed by atoms with Crippen molar-refractivity contribution in [2.75, 3.05) is 0 Å². The lowest BCUT2D eigenvalue weighted by molar-refractivity contribution is -0.169. The highest BCUT2D eigenvalue weighted by atomic mass is 16.8. The molecule has 0 fully saturated rings. The lowest BCUT2D eigenvalue weighted by Crippen LogP contribution is -2.25. The maximum absolute atomic E-state index is 12.2. The Morgan fingerprint density at radius 3 is 1.96 bits per heavy atom. The van der Waals surface area contributed by atoms with E-state index in [2.05, 4.69) is 13.8 Å². The van der Waals surface area contributed by atoms with Crippen molar-refractivity contribution in [2.24, 2.45) is 5.92 Å². The molecule has 0 heterocycles. The van der Waals surface area contributed by atoms with Crippen molar-refractivity contribution < 1.29 is 23.8 Å². The van der Waals surface area contributed by atoms with Gasteiger partial charge in [0.2, 0.25) is 6.29 Å². The van der Waals surface area contributed by atoms with Crippen molar-refractivity contribution in [1.29, 1.82) is 0 Å². The fraction of sp³-hybridized carbons (Fsp3) is 0.579. The molecule has 5 heteroatoms. The first kappa shape index (κ1) is 20.0. The summed E-state index contributed by atoms with van der Waals surface area (Å²) < 4.78 is 14.9. The first-order valence-corrected chi connectivity index (χ1v) is 8.35. The molecule has 0 spiro atoms. The number of benzene rings is 1. The highest BCUT2D eigenvalue weighted by Gasteiger charge is 2.22. The van der Waals surface area contributed by atoms with Gasteiger partial charge in [0.05, 0.1) is 12.0 Å². The molecule has 0 aliphatic heterocycles. The van der Waals surface area contributed by atoms with Crippen LogP contribution in [0, 0.1) is 5.92 Å². The molecular formula is C19H28O5. The van der Waals surface area contributed by atoms with Gasteiger partial charge in [0.15, 0.2) is 0 Å². The summed E-state index contributed by atoms with van der Waals surface area (Å²) in [4.78, 5) is 23.5. The molecule has 0 aromatic heterocycles. The lowest BCUT2D eigenvalue weighted by atomic mass is 9.97. The Morgan fingerprint density at radius 2 is 1.46 bits per heavy atom. The Kier molecular flexibility index (Phi) is 7.75. The van der Waals surface area contributed by atoms with Crippen LogP contribution in [0.1, 0.15) is 58.6 Å². The Labute approximate surface area is 144 Å². The molecule has 134 valence electrons. The van der Waals surface area contributed by atoms with Crippen LogP contribution >= 0.6 is 0 Å². The van der Waals surface area contributed by atoms with Crippen molar-refractivity contribution in [2.45, 2.75) is 66.3 Å². The summed E-state index contributed by atoms with van der Waals surface area (Å²) in [5.41, 5.74) is 2.10. The molecule has 0 saturated heterocycles. The van der Waals surface area contributed by atoms with Crippen molar-refractivity contribution in [3.8, 4) is 0 Å². The van der Waals surface area contributed by atoms with E-state index in [-0.39, 0.29) is 6.10 Å². The van der Waals surface area contributed by atoms with Gasteiger partial charge in [-0.3, -0.25) is 4.79 Å². The number of carbonyl (C=O) groups excluding carboxylic acids is 2. The predicted octanol–water partition coefficient (Wildman–Crippen LogP) is 4.44. The number of rotatable bonds is 7. The van der Waals surface area contributed by atoms with Crippen LogP contribution in [0.25, 0.3) is 0 Å². The molecule has 0 amide bonds. The molecule has 0 saturated carbocycles. The van der Waals surface area contributed by atoms with Crippen molar-refractivity contribution in [3.63, 3.8) is 0 Å². The van der Waals surface area contributed by atoms with E-state index < -0.39 is 24.3 Å². The van der Waals surface area contributed by atoms with Gasteiger partial charge in [-0.1, -0.05) is 38.1 Å². The number of hydrogen-bond acceptors (Lipinski definition) is 5. The standard InChI is InChI=1S/C19H28O5/c1-12(2)11-16-7-9-17(10-8-16)14(5)18(20)23-15(6)24-19(21)22-13(3)4/h7-10,12-15H,11H2,1-6H3. The quantitative estimate of drug-likeness (QED) is 0.544. The summed E-state index contributed by atoms with van der Waals surface area (Å²) in [6.45, 7) is 11.0. The molecule has 0 aliphatic rings. The summed E-state index contributed by atoms with van der Waals surface area (Å²) in [5, 5.41) is 0. The summed E-state index contributed by atoms with van der Waals surface area (Å²) in [7, 11) is 0. The fourth-order valence-electron chi connectivity index (χ4n) is 2.20. The smallest absolute Gasteiger partial charge is 0.431 e. The molecule has 1 rings (SSSR count). The van der Waals surface area contributed by atoms with Crippen LogP contribution in [0.2, 0.25) is 0 Å². The highest BCUT2D eigenvalue weighted by Crippen LogP contribution is 2.19. The minimum absolute atomic E-state index is 0.288. The third kappa shape index (κ3) is 7.02. The molecule has 2 unspecified atom stereocenters. The first-order chi connectivity index (χ1) is 11.2. The summed E-state index contributed by atoms with van der Waals surface area (Å²) >= 11 is 0. The zero-order chi connectivity index (χ0) is 18.3. The molecule has 0 N–H and O–H groups in total. The van der Waals surface area contributed by atoms with Gasteiger partial charge in [0.25, 0.3) is 0 Å². The Morgan fingerprint density at radius 1 is 0.875 bits per heavy atom. The molecule has 0 bridgehead atoms. The third-order valence-electron chi connectivity index (χ3n) is 3.35. The first-order valence-electron chi connectivity index (χ1n) is 8.35.